The lowest BCUT2D eigenvalue weighted by Crippen LogP contribution is -2.35. The molecule has 0 saturated carbocycles. The monoisotopic (exact) mass is 250 g/mol. The van der Waals surface area contributed by atoms with Crippen molar-refractivity contribution in [3.05, 3.63) is 23.9 Å². The van der Waals surface area contributed by atoms with Crippen molar-refractivity contribution in [1.29, 1.82) is 0 Å². The molecule has 0 atom stereocenters. The highest BCUT2D eigenvalue weighted by atomic mass is 16.6. The van der Waals surface area contributed by atoms with Gasteiger partial charge in [0.05, 0.1) is 5.41 Å². The van der Waals surface area contributed by atoms with E-state index in [9.17, 15) is 4.79 Å². The summed E-state index contributed by atoms with van der Waals surface area (Å²) in [5.41, 5.74) is 5.56. The molecule has 0 bridgehead atoms. The second-order valence-corrected chi connectivity index (χ2v) is 6.15. The third-order valence-corrected chi connectivity index (χ3v) is 2.44. The summed E-state index contributed by atoms with van der Waals surface area (Å²) in [6.07, 6.45) is 2.23. The number of nitrogens with zero attached hydrogens (tertiary/aromatic N) is 1. The number of anilines is 1. The predicted octanol–water partition coefficient (Wildman–Crippen LogP) is 2.57. The number of pyridine rings is 1. The second-order valence-electron chi connectivity index (χ2n) is 6.15. The van der Waals surface area contributed by atoms with Crippen molar-refractivity contribution in [2.45, 2.75) is 46.6 Å². The van der Waals surface area contributed by atoms with Gasteiger partial charge in [0.1, 0.15) is 11.4 Å². The average molecular weight is 250 g/mol. The van der Waals surface area contributed by atoms with E-state index in [1.807, 2.05) is 40.7 Å². The molecule has 4 nitrogen and oxygen atoms in total. The van der Waals surface area contributed by atoms with E-state index in [-0.39, 0.29) is 5.97 Å². The van der Waals surface area contributed by atoms with Gasteiger partial charge < -0.3 is 10.5 Å². The van der Waals surface area contributed by atoms with Crippen LogP contribution in [-0.2, 0) is 16.0 Å². The first kappa shape index (κ1) is 14.5. The number of carbonyl (C=O) groups is 1. The number of aromatic nitrogens is 1. The Balaban J connectivity index is 2.78. The molecule has 1 rings (SSSR count). The van der Waals surface area contributed by atoms with Crippen molar-refractivity contribution in [2.75, 3.05) is 5.73 Å². The van der Waals surface area contributed by atoms with Gasteiger partial charge in [-0.25, -0.2) is 4.98 Å². The zero-order valence-corrected chi connectivity index (χ0v) is 11.8. The predicted molar refractivity (Wildman–Crippen MR) is 72.0 cm³/mol. The van der Waals surface area contributed by atoms with E-state index in [4.69, 9.17) is 10.5 Å². The van der Waals surface area contributed by atoms with Gasteiger partial charge in [-0.05, 0) is 58.7 Å². The maximum atomic E-state index is 12.1. The van der Waals surface area contributed by atoms with Crippen LogP contribution in [0.5, 0.6) is 0 Å². The molecule has 0 amide bonds. The molecule has 0 aliphatic carbocycles. The summed E-state index contributed by atoms with van der Waals surface area (Å²) in [6, 6.07) is 3.65. The molecule has 18 heavy (non-hydrogen) atoms. The van der Waals surface area contributed by atoms with Gasteiger partial charge >= 0.3 is 5.97 Å². The minimum absolute atomic E-state index is 0.203. The highest BCUT2D eigenvalue weighted by molar-refractivity contribution is 5.76. The number of nitrogens with two attached hydrogens (primary N) is 1. The molecule has 4 heteroatoms. The third kappa shape index (κ3) is 4.35. The van der Waals surface area contributed by atoms with Gasteiger partial charge in [-0.2, -0.15) is 0 Å². The Morgan fingerprint density at radius 3 is 2.44 bits per heavy atom. The fourth-order valence-corrected chi connectivity index (χ4v) is 1.60. The van der Waals surface area contributed by atoms with E-state index in [0.717, 1.165) is 5.56 Å². The fourth-order valence-electron chi connectivity index (χ4n) is 1.60. The molecule has 1 heterocycles. The number of esters is 1. The van der Waals surface area contributed by atoms with Crippen molar-refractivity contribution in [2.24, 2.45) is 5.41 Å². The maximum absolute atomic E-state index is 12.1. The first-order valence-electron chi connectivity index (χ1n) is 6.04. The van der Waals surface area contributed by atoms with Gasteiger partial charge in [-0.15, -0.1) is 0 Å². The van der Waals surface area contributed by atoms with Gasteiger partial charge in [-0.3, -0.25) is 4.79 Å². The molecule has 0 aliphatic heterocycles. The van der Waals surface area contributed by atoms with Gasteiger partial charge in [0, 0.05) is 6.20 Å². The summed E-state index contributed by atoms with van der Waals surface area (Å²) < 4.78 is 5.42. The summed E-state index contributed by atoms with van der Waals surface area (Å²) in [4.78, 5) is 16.0. The lowest BCUT2D eigenvalue weighted by Gasteiger charge is -2.28. The van der Waals surface area contributed by atoms with Crippen LogP contribution in [0.15, 0.2) is 18.3 Å². The molecule has 0 unspecified atom stereocenters. The van der Waals surface area contributed by atoms with Crippen molar-refractivity contribution in [3.63, 3.8) is 0 Å². The molecule has 0 fully saturated rings. The van der Waals surface area contributed by atoms with Crippen LogP contribution in [0.3, 0.4) is 0 Å². The summed E-state index contributed by atoms with van der Waals surface area (Å²) in [5.74, 6) is 0.262. The molecule has 0 aliphatic rings. The van der Waals surface area contributed by atoms with Gasteiger partial charge in [0.25, 0.3) is 0 Å². The Labute approximate surface area is 109 Å². The standard InChI is InChI=1S/C14H22N2O2/c1-13(2,3)18-12(17)14(4,5)9-10-6-7-16-11(15)8-10/h6-8H,9H2,1-5H3,(H2,15,16). The van der Waals surface area contributed by atoms with Crippen LogP contribution in [0.25, 0.3) is 0 Å². The molecule has 2 N–H and O–H groups in total. The molecule has 1 aromatic rings. The van der Waals surface area contributed by atoms with Crippen LogP contribution < -0.4 is 5.73 Å². The van der Waals surface area contributed by atoms with Crippen LogP contribution in [-0.4, -0.2) is 16.6 Å². The maximum Gasteiger partial charge on any atom is 0.312 e. The molecule has 0 radical (unpaired) electrons. The second kappa shape index (κ2) is 4.96. The zero-order chi connectivity index (χ0) is 14.0. The lowest BCUT2D eigenvalue weighted by atomic mass is 9.86. The first-order chi connectivity index (χ1) is 8.10. The fraction of sp³-hybridized carbons (Fsp3) is 0.571. The topological polar surface area (TPSA) is 65.2 Å². The van der Waals surface area contributed by atoms with Crippen LogP contribution in [0.2, 0.25) is 0 Å². The zero-order valence-electron chi connectivity index (χ0n) is 11.8. The smallest absolute Gasteiger partial charge is 0.312 e. The number of hydrogen-bond donors (Lipinski definition) is 1. The Hall–Kier alpha value is -1.58. The van der Waals surface area contributed by atoms with Crippen LogP contribution >= 0.6 is 0 Å². The summed E-state index contributed by atoms with van der Waals surface area (Å²) >= 11 is 0. The molecule has 0 saturated heterocycles. The normalized spacial score (nSPS) is 12.3. The van der Waals surface area contributed by atoms with Crippen molar-refractivity contribution >= 4 is 11.8 Å². The number of hydrogen-bond acceptors (Lipinski definition) is 4. The van der Waals surface area contributed by atoms with E-state index in [1.165, 1.54) is 0 Å². The van der Waals surface area contributed by atoms with Crippen molar-refractivity contribution in [3.8, 4) is 0 Å². The van der Waals surface area contributed by atoms with Gasteiger partial charge in [-0.1, -0.05) is 0 Å². The lowest BCUT2D eigenvalue weighted by molar-refractivity contribution is -0.165. The highest BCUT2D eigenvalue weighted by Crippen LogP contribution is 2.26. The largest absolute Gasteiger partial charge is 0.460 e. The average Bonchev–Trinajstić information content (AvgIpc) is 2.13. The van der Waals surface area contributed by atoms with E-state index >= 15 is 0 Å². The van der Waals surface area contributed by atoms with E-state index in [1.54, 1.807) is 12.3 Å². The minimum Gasteiger partial charge on any atom is -0.460 e. The molecular formula is C14H22N2O2. The van der Waals surface area contributed by atoms with Crippen LogP contribution in [0.4, 0.5) is 5.82 Å². The highest BCUT2D eigenvalue weighted by Gasteiger charge is 2.32. The Morgan fingerprint density at radius 1 is 1.33 bits per heavy atom. The summed E-state index contributed by atoms with van der Waals surface area (Å²) in [7, 11) is 0. The van der Waals surface area contributed by atoms with E-state index in [0.29, 0.717) is 12.2 Å². The van der Waals surface area contributed by atoms with E-state index < -0.39 is 11.0 Å². The minimum atomic E-state index is -0.582. The third-order valence-electron chi connectivity index (χ3n) is 2.44. The Kier molecular flexibility index (Phi) is 3.99. The van der Waals surface area contributed by atoms with E-state index in [2.05, 4.69) is 4.98 Å². The number of rotatable bonds is 3. The SMILES string of the molecule is CC(C)(C)OC(=O)C(C)(C)Cc1ccnc(N)c1. The number of ether oxygens (including phenoxy) is 1. The summed E-state index contributed by atoms with van der Waals surface area (Å²) in [5, 5.41) is 0. The van der Waals surface area contributed by atoms with Crippen LogP contribution in [0, 0.1) is 5.41 Å². The molecular weight excluding hydrogens is 228 g/mol. The number of carbonyl (C=O) groups excluding carboxylic acids is 1. The molecule has 0 spiro atoms. The van der Waals surface area contributed by atoms with Crippen molar-refractivity contribution < 1.29 is 9.53 Å². The van der Waals surface area contributed by atoms with Crippen molar-refractivity contribution in [1.82, 2.24) is 4.98 Å². The van der Waals surface area contributed by atoms with Gasteiger partial charge in [0.15, 0.2) is 0 Å². The molecule has 100 valence electrons. The first-order valence-corrected chi connectivity index (χ1v) is 6.04. The molecule has 1 aromatic heterocycles. The van der Waals surface area contributed by atoms with Crippen LogP contribution in [0.1, 0.15) is 40.2 Å². The quantitative estimate of drug-likeness (QED) is 0.837. The summed E-state index contributed by atoms with van der Waals surface area (Å²) in [6.45, 7) is 9.34. The molecule has 0 aromatic carbocycles. The van der Waals surface area contributed by atoms with Gasteiger partial charge in [0.2, 0.25) is 0 Å². The Morgan fingerprint density at radius 2 is 1.94 bits per heavy atom. The Bertz CT molecular complexity index is 434. The number of nitrogen functional groups attached to an aromatic ring is 1.